The van der Waals surface area contributed by atoms with Crippen LogP contribution in [0.25, 0.3) is 0 Å². The Morgan fingerprint density at radius 3 is 2.83 bits per heavy atom. The van der Waals surface area contributed by atoms with Crippen LogP contribution < -0.4 is 4.74 Å². The number of benzene rings is 1. The zero-order chi connectivity index (χ0) is 16.8. The minimum atomic E-state index is -0.944. The Hall–Kier alpha value is -2.44. The summed E-state index contributed by atoms with van der Waals surface area (Å²) in [7, 11) is 0. The number of aromatic nitrogens is 4. The molecule has 2 aromatic rings. The van der Waals surface area contributed by atoms with E-state index in [1.54, 1.807) is 0 Å². The molecule has 1 unspecified atom stereocenters. The fourth-order valence-electron chi connectivity index (χ4n) is 2.30. The van der Waals surface area contributed by atoms with Crippen molar-refractivity contribution in [1.29, 1.82) is 0 Å². The quantitative estimate of drug-likeness (QED) is 0.804. The fraction of sp³-hybridized carbons (Fsp3) is 0.500. The molecule has 0 aliphatic rings. The Morgan fingerprint density at radius 1 is 1.39 bits per heavy atom. The number of aryl methyl sites for hydroxylation is 1. The summed E-state index contributed by atoms with van der Waals surface area (Å²) in [6, 6.07) is 6.98. The van der Waals surface area contributed by atoms with Gasteiger partial charge in [-0.05, 0) is 46.9 Å². The van der Waals surface area contributed by atoms with E-state index in [9.17, 15) is 9.90 Å². The third-order valence-electron chi connectivity index (χ3n) is 3.51. The van der Waals surface area contributed by atoms with Crippen LogP contribution in [0.4, 0.5) is 0 Å². The summed E-state index contributed by atoms with van der Waals surface area (Å²) in [6.45, 7) is 6.13. The van der Waals surface area contributed by atoms with Crippen LogP contribution in [-0.2, 0) is 17.8 Å². The number of carboxylic acids is 1. The summed E-state index contributed by atoms with van der Waals surface area (Å²) in [5, 5.41) is 20.7. The summed E-state index contributed by atoms with van der Waals surface area (Å²) in [5.41, 5.74) is 1.17. The molecule has 0 saturated carbocycles. The first kappa shape index (κ1) is 16.9. The number of ether oxygens (including phenoxy) is 1. The number of hydrogen-bond acceptors (Lipinski definition) is 5. The summed E-state index contributed by atoms with van der Waals surface area (Å²) >= 11 is 0. The van der Waals surface area contributed by atoms with Crippen molar-refractivity contribution in [3.05, 3.63) is 35.7 Å². The first-order chi connectivity index (χ1) is 11.0. The number of hydrogen-bond donors (Lipinski definition) is 1. The van der Waals surface area contributed by atoms with Gasteiger partial charge in [0.1, 0.15) is 12.4 Å². The molecule has 0 aliphatic carbocycles. The smallest absolute Gasteiger partial charge is 0.328 e. The predicted molar refractivity (Wildman–Crippen MR) is 84.1 cm³/mol. The molecule has 0 bridgehead atoms. The number of rotatable bonds is 8. The van der Waals surface area contributed by atoms with Gasteiger partial charge in [0.2, 0.25) is 0 Å². The molecule has 1 atom stereocenters. The normalized spacial score (nSPS) is 12.3. The van der Waals surface area contributed by atoms with Crippen LogP contribution in [-0.4, -0.2) is 31.3 Å². The average molecular weight is 318 g/mol. The summed E-state index contributed by atoms with van der Waals surface area (Å²) in [4.78, 5) is 11.5. The maximum Gasteiger partial charge on any atom is 0.328 e. The summed E-state index contributed by atoms with van der Waals surface area (Å²) in [5.74, 6) is 0.394. The Morgan fingerprint density at radius 2 is 2.17 bits per heavy atom. The number of aliphatic carboxylic acids is 1. The lowest BCUT2D eigenvalue weighted by Crippen LogP contribution is -2.24. The van der Waals surface area contributed by atoms with Gasteiger partial charge in [-0.3, -0.25) is 0 Å². The standard InChI is InChI=1S/C16H22N4O3/c1-4-12-6-5-7-13(9-12)23-10-15-17-18-19-20(15)14(16(21)22)8-11(2)3/h5-7,9,11,14H,4,8,10H2,1-3H3,(H,21,22). The summed E-state index contributed by atoms with van der Waals surface area (Å²) < 4.78 is 7.05. The molecular formula is C16H22N4O3. The van der Waals surface area contributed by atoms with Crippen molar-refractivity contribution in [1.82, 2.24) is 20.2 Å². The molecular weight excluding hydrogens is 296 g/mol. The molecule has 1 heterocycles. The van der Waals surface area contributed by atoms with Gasteiger partial charge in [-0.25, -0.2) is 9.48 Å². The molecule has 1 N–H and O–H groups in total. The Balaban J connectivity index is 2.12. The van der Waals surface area contributed by atoms with Gasteiger partial charge in [0.15, 0.2) is 11.9 Å². The van der Waals surface area contributed by atoms with Crippen LogP contribution >= 0.6 is 0 Å². The van der Waals surface area contributed by atoms with E-state index in [0.717, 1.165) is 12.2 Å². The van der Waals surface area contributed by atoms with E-state index >= 15 is 0 Å². The molecule has 124 valence electrons. The number of carboxylic acid groups (broad SMARTS) is 1. The van der Waals surface area contributed by atoms with Crippen molar-refractivity contribution >= 4 is 5.97 Å². The molecule has 1 aromatic heterocycles. The van der Waals surface area contributed by atoms with Crippen LogP contribution in [0.5, 0.6) is 5.75 Å². The van der Waals surface area contributed by atoms with Crippen molar-refractivity contribution < 1.29 is 14.6 Å². The van der Waals surface area contributed by atoms with E-state index in [-0.39, 0.29) is 12.5 Å². The van der Waals surface area contributed by atoms with Crippen molar-refractivity contribution in [2.45, 2.75) is 46.3 Å². The van der Waals surface area contributed by atoms with Gasteiger partial charge in [0.25, 0.3) is 0 Å². The zero-order valence-corrected chi connectivity index (χ0v) is 13.6. The molecule has 0 amide bonds. The second-order valence-corrected chi connectivity index (χ2v) is 5.81. The Labute approximate surface area is 135 Å². The second-order valence-electron chi connectivity index (χ2n) is 5.81. The first-order valence-electron chi connectivity index (χ1n) is 7.72. The maximum absolute atomic E-state index is 11.5. The number of tetrazole rings is 1. The van der Waals surface area contributed by atoms with Gasteiger partial charge in [-0.15, -0.1) is 5.10 Å². The topological polar surface area (TPSA) is 90.1 Å². The van der Waals surface area contributed by atoms with E-state index < -0.39 is 12.0 Å². The van der Waals surface area contributed by atoms with Crippen molar-refractivity contribution in [2.24, 2.45) is 5.92 Å². The van der Waals surface area contributed by atoms with E-state index in [4.69, 9.17) is 4.74 Å². The van der Waals surface area contributed by atoms with Crippen molar-refractivity contribution in [2.75, 3.05) is 0 Å². The molecule has 0 spiro atoms. The highest BCUT2D eigenvalue weighted by Gasteiger charge is 2.25. The van der Waals surface area contributed by atoms with Crippen LogP contribution in [0, 0.1) is 5.92 Å². The first-order valence-corrected chi connectivity index (χ1v) is 7.72. The number of carbonyl (C=O) groups is 1. The minimum absolute atomic E-state index is 0.127. The van der Waals surface area contributed by atoms with Gasteiger partial charge >= 0.3 is 5.97 Å². The maximum atomic E-state index is 11.5. The number of nitrogens with zero attached hydrogens (tertiary/aromatic N) is 4. The van der Waals surface area contributed by atoms with Crippen LogP contribution in [0.2, 0.25) is 0 Å². The molecule has 2 rings (SSSR count). The third-order valence-corrected chi connectivity index (χ3v) is 3.51. The predicted octanol–water partition coefficient (Wildman–Crippen LogP) is 2.49. The lowest BCUT2D eigenvalue weighted by molar-refractivity contribution is -0.141. The highest BCUT2D eigenvalue weighted by atomic mass is 16.5. The lowest BCUT2D eigenvalue weighted by Gasteiger charge is -2.16. The highest BCUT2D eigenvalue weighted by Crippen LogP contribution is 2.19. The molecule has 7 heteroatoms. The van der Waals surface area contributed by atoms with Crippen LogP contribution in [0.15, 0.2) is 24.3 Å². The lowest BCUT2D eigenvalue weighted by atomic mass is 10.0. The zero-order valence-electron chi connectivity index (χ0n) is 13.6. The monoisotopic (exact) mass is 318 g/mol. The SMILES string of the molecule is CCc1cccc(OCc2nnnn2C(CC(C)C)C(=O)O)c1. The average Bonchev–Trinajstić information content (AvgIpc) is 2.98. The Kier molecular flexibility index (Phi) is 5.67. The molecule has 7 nitrogen and oxygen atoms in total. The van der Waals surface area contributed by atoms with E-state index in [0.29, 0.717) is 12.2 Å². The van der Waals surface area contributed by atoms with Gasteiger partial charge in [0, 0.05) is 0 Å². The van der Waals surface area contributed by atoms with Gasteiger partial charge in [-0.2, -0.15) is 0 Å². The third kappa shape index (κ3) is 4.51. The Bertz CT molecular complexity index is 654. The van der Waals surface area contributed by atoms with Crippen molar-refractivity contribution in [3.8, 4) is 5.75 Å². The van der Waals surface area contributed by atoms with Gasteiger partial charge in [0.05, 0.1) is 0 Å². The van der Waals surface area contributed by atoms with Crippen LogP contribution in [0.1, 0.15) is 44.6 Å². The molecule has 0 aliphatic heterocycles. The van der Waals surface area contributed by atoms with E-state index in [1.807, 2.05) is 38.1 Å². The van der Waals surface area contributed by atoms with Gasteiger partial charge in [-0.1, -0.05) is 32.9 Å². The molecule has 0 radical (unpaired) electrons. The largest absolute Gasteiger partial charge is 0.486 e. The van der Waals surface area contributed by atoms with E-state index in [1.165, 1.54) is 10.2 Å². The molecule has 0 fully saturated rings. The molecule has 23 heavy (non-hydrogen) atoms. The van der Waals surface area contributed by atoms with Crippen molar-refractivity contribution in [3.63, 3.8) is 0 Å². The fourth-order valence-corrected chi connectivity index (χ4v) is 2.30. The highest BCUT2D eigenvalue weighted by molar-refractivity contribution is 5.71. The molecule has 1 aromatic carbocycles. The minimum Gasteiger partial charge on any atom is -0.486 e. The van der Waals surface area contributed by atoms with Crippen LogP contribution in [0.3, 0.4) is 0 Å². The summed E-state index contributed by atoms with van der Waals surface area (Å²) in [6.07, 6.45) is 1.38. The van der Waals surface area contributed by atoms with E-state index in [2.05, 4.69) is 22.4 Å². The van der Waals surface area contributed by atoms with Gasteiger partial charge < -0.3 is 9.84 Å². The molecule has 0 saturated heterocycles. The second kappa shape index (κ2) is 7.71.